The zero-order valence-electron chi connectivity index (χ0n) is 9.10. The number of carboxylic acid groups (broad SMARTS) is 1. The summed E-state index contributed by atoms with van der Waals surface area (Å²) in [7, 11) is 0. The van der Waals surface area contributed by atoms with Gasteiger partial charge in [0.2, 0.25) is 5.89 Å². The zero-order chi connectivity index (χ0) is 11.4. The first-order valence-electron chi connectivity index (χ1n) is 4.51. The molecule has 1 aromatic heterocycles. The summed E-state index contributed by atoms with van der Waals surface area (Å²) in [4.78, 5) is 14.6. The Bertz CT molecular complexity index is 357. The van der Waals surface area contributed by atoms with Gasteiger partial charge >= 0.3 is 5.97 Å². The van der Waals surface area contributed by atoms with E-state index in [-0.39, 0.29) is 24.1 Å². The number of nitrogens with zero attached hydrogens (tertiary/aromatic N) is 1. The summed E-state index contributed by atoms with van der Waals surface area (Å²) in [6.45, 7) is 1.57. The van der Waals surface area contributed by atoms with Crippen molar-refractivity contribution in [3.8, 4) is 0 Å². The maximum atomic E-state index is 10.7. The number of nitrogens with two attached hydrogens (primary N) is 1. The molecule has 1 rings (SSSR count). The normalized spacial score (nSPS) is 11.9. The van der Waals surface area contributed by atoms with Crippen molar-refractivity contribution in [2.45, 2.75) is 19.4 Å². The van der Waals surface area contributed by atoms with Crippen LogP contribution in [-0.4, -0.2) is 28.1 Å². The first kappa shape index (κ1) is 15.3. The number of carboxylic acids is 1. The predicted octanol–water partition coefficient (Wildman–Crippen LogP) is 1.86. The van der Waals surface area contributed by atoms with E-state index in [1.807, 2.05) is 6.26 Å². The van der Waals surface area contributed by atoms with Gasteiger partial charge < -0.3 is 15.3 Å². The molecule has 1 atom stereocenters. The van der Waals surface area contributed by atoms with Crippen molar-refractivity contribution in [2.75, 3.05) is 12.0 Å². The van der Waals surface area contributed by atoms with Crippen molar-refractivity contribution in [1.82, 2.24) is 4.98 Å². The molecule has 1 aromatic rings. The van der Waals surface area contributed by atoms with Crippen LogP contribution in [0.4, 0.5) is 0 Å². The average Bonchev–Trinajstić information content (AvgIpc) is 2.56. The van der Waals surface area contributed by atoms with E-state index in [1.165, 1.54) is 0 Å². The number of oxazole rings is 1. The van der Waals surface area contributed by atoms with Gasteiger partial charge in [0.15, 0.2) is 5.69 Å². The molecule has 0 unspecified atom stereocenters. The standard InChI is InChI=1S/C9H14N2O3S.ClH/c1-5-7(9(12)13)11-8(14-5)6(10)3-4-15-2;/h6H,3-4,10H2,1-2H3,(H,12,13);1H/t6-;/m0./s1. The Hall–Kier alpha value is -0.720. The summed E-state index contributed by atoms with van der Waals surface area (Å²) in [5, 5.41) is 8.77. The molecule has 92 valence electrons. The third-order valence-corrected chi connectivity index (χ3v) is 2.61. The molecule has 0 aliphatic rings. The van der Waals surface area contributed by atoms with Crippen LogP contribution in [0.25, 0.3) is 0 Å². The van der Waals surface area contributed by atoms with E-state index < -0.39 is 5.97 Å². The second-order valence-corrected chi connectivity index (χ2v) is 4.14. The number of thioether (sulfide) groups is 1. The fourth-order valence-corrected chi connectivity index (χ4v) is 1.63. The lowest BCUT2D eigenvalue weighted by molar-refractivity contribution is 0.0689. The Morgan fingerprint density at radius 2 is 2.31 bits per heavy atom. The van der Waals surface area contributed by atoms with Crippen molar-refractivity contribution in [3.05, 3.63) is 17.3 Å². The maximum absolute atomic E-state index is 10.7. The summed E-state index contributed by atoms with van der Waals surface area (Å²) in [5.74, 6) is 0.418. The highest BCUT2D eigenvalue weighted by Gasteiger charge is 2.19. The van der Waals surface area contributed by atoms with E-state index in [9.17, 15) is 4.79 Å². The van der Waals surface area contributed by atoms with Gasteiger partial charge in [0.25, 0.3) is 0 Å². The van der Waals surface area contributed by atoms with Crippen molar-refractivity contribution in [1.29, 1.82) is 0 Å². The summed E-state index contributed by atoms with van der Waals surface area (Å²) >= 11 is 1.68. The number of aryl methyl sites for hydroxylation is 1. The van der Waals surface area contributed by atoms with Gasteiger partial charge in [-0.2, -0.15) is 11.8 Å². The van der Waals surface area contributed by atoms with Gasteiger partial charge in [0.05, 0.1) is 6.04 Å². The van der Waals surface area contributed by atoms with E-state index in [0.29, 0.717) is 11.7 Å². The Kier molecular flexibility index (Phi) is 6.47. The molecule has 0 saturated heterocycles. The predicted molar refractivity (Wildman–Crippen MR) is 65.4 cm³/mol. The van der Waals surface area contributed by atoms with Crippen LogP contribution in [0.2, 0.25) is 0 Å². The summed E-state index contributed by atoms with van der Waals surface area (Å²) in [6, 6.07) is -0.329. The Labute approximate surface area is 104 Å². The van der Waals surface area contributed by atoms with E-state index in [4.69, 9.17) is 15.3 Å². The van der Waals surface area contributed by atoms with E-state index in [0.717, 1.165) is 12.2 Å². The minimum atomic E-state index is -1.08. The molecule has 0 bridgehead atoms. The van der Waals surface area contributed by atoms with Gasteiger partial charge in [0.1, 0.15) is 5.76 Å². The van der Waals surface area contributed by atoms with Gasteiger partial charge in [-0.3, -0.25) is 0 Å². The van der Waals surface area contributed by atoms with Gasteiger partial charge in [-0.15, -0.1) is 12.4 Å². The minimum absolute atomic E-state index is 0. The smallest absolute Gasteiger partial charge is 0.358 e. The Morgan fingerprint density at radius 1 is 1.69 bits per heavy atom. The first-order chi connectivity index (χ1) is 7.06. The number of aromatic nitrogens is 1. The quantitative estimate of drug-likeness (QED) is 0.845. The van der Waals surface area contributed by atoms with Crippen LogP contribution in [0.15, 0.2) is 4.42 Å². The third-order valence-electron chi connectivity index (χ3n) is 1.97. The highest BCUT2D eigenvalue weighted by molar-refractivity contribution is 7.98. The number of hydrogen-bond acceptors (Lipinski definition) is 5. The zero-order valence-corrected chi connectivity index (χ0v) is 10.7. The van der Waals surface area contributed by atoms with Crippen LogP contribution < -0.4 is 5.73 Å². The monoisotopic (exact) mass is 266 g/mol. The SMILES string of the molecule is CSCC[C@H](N)c1nc(C(=O)O)c(C)o1.Cl. The van der Waals surface area contributed by atoms with Crippen molar-refractivity contribution < 1.29 is 14.3 Å². The van der Waals surface area contributed by atoms with Crippen LogP contribution >= 0.6 is 24.2 Å². The number of aromatic carboxylic acids is 1. The molecule has 16 heavy (non-hydrogen) atoms. The number of hydrogen-bond donors (Lipinski definition) is 2. The molecule has 0 amide bonds. The minimum Gasteiger partial charge on any atom is -0.476 e. The van der Waals surface area contributed by atoms with Gasteiger partial charge in [-0.05, 0) is 25.4 Å². The third kappa shape index (κ3) is 3.70. The van der Waals surface area contributed by atoms with Crippen molar-refractivity contribution in [3.63, 3.8) is 0 Å². The fourth-order valence-electron chi connectivity index (χ4n) is 1.14. The van der Waals surface area contributed by atoms with E-state index >= 15 is 0 Å². The largest absolute Gasteiger partial charge is 0.476 e. The van der Waals surface area contributed by atoms with Crippen LogP contribution in [0.3, 0.4) is 0 Å². The number of rotatable bonds is 5. The van der Waals surface area contributed by atoms with Gasteiger partial charge in [0, 0.05) is 0 Å². The summed E-state index contributed by atoms with van der Waals surface area (Å²) in [6.07, 6.45) is 2.70. The molecule has 5 nitrogen and oxygen atoms in total. The second-order valence-electron chi connectivity index (χ2n) is 3.15. The molecule has 0 radical (unpaired) electrons. The van der Waals surface area contributed by atoms with Crippen LogP contribution in [0.1, 0.15) is 34.6 Å². The van der Waals surface area contributed by atoms with Crippen LogP contribution in [0.5, 0.6) is 0 Å². The molecule has 3 N–H and O–H groups in total. The molecule has 7 heteroatoms. The Balaban J connectivity index is 0.00000225. The molecule has 0 fully saturated rings. The topological polar surface area (TPSA) is 89.3 Å². The number of carbonyl (C=O) groups is 1. The summed E-state index contributed by atoms with van der Waals surface area (Å²) in [5.41, 5.74) is 5.75. The highest BCUT2D eigenvalue weighted by Crippen LogP contribution is 2.18. The lowest BCUT2D eigenvalue weighted by atomic mass is 10.2. The lowest BCUT2D eigenvalue weighted by Gasteiger charge is -2.04. The average molecular weight is 267 g/mol. The maximum Gasteiger partial charge on any atom is 0.358 e. The lowest BCUT2D eigenvalue weighted by Crippen LogP contribution is -2.12. The fraction of sp³-hybridized carbons (Fsp3) is 0.556. The molecule has 0 spiro atoms. The molecule has 0 aliphatic heterocycles. The van der Waals surface area contributed by atoms with Crippen LogP contribution in [-0.2, 0) is 0 Å². The second kappa shape index (κ2) is 6.78. The van der Waals surface area contributed by atoms with Gasteiger partial charge in [-0.25, -0.2) is 9.78 Å². The number of halogens is 1. The van der Waals surface area contributed by atoms with Crippen molar-refractivity contribution in [2.24, 2.45) is 5.73 Å². The highest BCUT2D eigenvalue weighted by atomic mass is 35.5. The van der Waals surface area contributed by atoms with Crippen LogP contribution in [0, 0.1) is 6.92 Å². The van der Waals surface area contributed by atoms with E-state index in [2.05, 4.69) is 4.98 Å². The van der Waals surface area contributed by atoms with E-state index in [1.54, 1.807) is 18.7 Å². The van der Waals surface area contributed by atoms with Gasteiger partial charge in [-0.1, -0.05) is 0 Å². The molecule has 0 aliphatic carbocycles. The molecular formula is C9H15ClN2O3S. The summed E-state index contributed by atoms with van der Waals surface area (Å²) < 4.78 is 5.21. The van der Waals surface area contributed by atoms with Crippen molar-refractivity contribution >= 4 is 30.1 Å². The molecular weight excluding hydrogens is 252 g/mol. The Morgan fingerprint density at radius 3 is 2.75 bits per heavy atom. The molecule has 0 aromatic carbocycles. The molecule has 1 heterocycles. The molecule has 0 saturated carbocycles. The first-order valence-corrected chi connectivity index (χ1v) is 5.90.